The summed E-state index contributed by atoms with van der Waals surface area (Å²) in [6.45, 7) is 14.4. The van der Waals surface area contributed by atoms with Crippen molar-refractivity contribution in [3.05, 3.63) is 197 Å². The summed E-state index contributed by atoms with van der Waals surface area (Å²) < 4.78 is 0. The van der Waals surface area contributed by atoms with Crippen LogP contribution in [0.5, 0.6) is 0 Å². The Morgan fingerprint density at radius 2 is 1.11 bits per heavy atom. The minimum Gasteiger partial charge on any atom is -0.310 e. The van der Waals surface area contributed by atoms with Gasteiger partial charge in [-0.3, -0.25) is 0 Å². The molecule has 0 saturated carbocycles. The van der Waals surface area contributed by atoms with Gasteiger partial charge in [-0.1, -0.05) is 150 Å². The van der Waals surface area contributed by atoms with Crippen molar-refractivity contribution in [2.24, 2.45) is 0 Å². The fourth-order valence-electron chi connectivity index (χ4n) is 10.8. The lowest BCUT2D eigenvalue weighted by Gasteiger charge is -2.49. The summed E-state index contributed by atoms with van der Waals surface area (Å²) in [6, 6.07) is 55.0. The molecule has 2 nitrogen and oxygen atoms in total. The molecule has 7 aromatic carbocycles. The quantitative estimate of drug-likeness (QED) is 0.178. The fraction of sp³-hybridized carbons (Fsp3) is 0.200. The van der Waals surface area contributed by atoms with Crippen molar-refractivity contribution >= 4 is 50.5 Å². The van der Waals surface area contributed by atoms with Gasteiger partial charge in [0.1, 0.15) is 0 Å². The zero-order valence-electron chi connectivity index (χ0n) is 33.8. The first kappa shape index (κ1) is 34.2. The first-order valence-corrected chi connectivity index (χ1v) is 20.7. The van der Waals surface area contributed by atoms with Crippen LogP contribution < -0.4 is 9.80 Å². The molecular weight excluding hydrogens is 689 g/mol. The highest BCUT2D eigenvalue weighted by molar-refractivity contribution is 5.95. The smallest absolute Gasteiger partial charge is 0.0543 e. The molecule has 11 rings (SSSR count). The molecule has 0 bridgehead atoms. The van der Waals surface area contributed by atoms with Crippen LogP contribution in [0.25, 0.3) is 27.5 Å². The van der Waals surface area contributed by atoms with Crippen LogP contribution in [0.3, 0.4) is 0 Å². The molecule has 278 valence electrons. The van der Waals surface area contributed by atoms with Gasteiger partial charge in [-0.2, -0.15) is 0 Å². The fourth-order valence-corrected chi connectivity index (χ4v) is 10.8. The number of hydrogen-bond donors (Lipinski definition) is 0. The van der Waals surface area contributed by atoms with Crippen molar-refractivity contribution in [1.82, 2.24) is 0 Å². The Balaban J connectivity index is 1.05. The van der Waals surface area contributed by atoms with Crippen LogP contribution in [0.4, 0.5) is 34.1 Å². The summed E-state index contributed by atoms with van der Waals surface area (Å²) in [5, 5.41) is 2.48. The van der Waals surface area contributed by atoms with Crippen LogP contribution in [0.1, 0.15) is 87.8 Å². The van der Waals surface area contributed by atoms with Crippen LogP contribution in [0.15, 0.2) is 163 Å². The standard InChI is InChI=1S/C55H48N2/c1-53(2)44-17-10-9-16-42(44)43-30-25-38(33-48(43)53)36-22-26-39(27-23-36)56(40-28-24-35-14-7-8-15-37(35)32-40)41-29-31-51-49(34-41)55(5,6)47-20-13-19-46-52(47)57(51)50-21-12-11-18-45(50)54(46,3)4/h7-9,11-16,18-34H,10,17H2,1-6H3. The summed E-state index contributed by atoms with van der Waals surface area (Å²) in [6.07, 6.45) is 6.98. The van der Waals surface area contributed by atoms with Crippen molar-refractivity contribution in [2.45, 2.75) is 70.6 Å². The van der Waals surface area contributed by atoms with Crippen LogP contribution in [0, 0.1) is 0 Å². The number of anilines is 6. The zero-order valence-corrected chi connectivity index (χ0v) is 33.8. The maximum atomic E-state index is 2.55. The van der Waals surface area contributed by atoms with E-state index >= 15 is 0 Å². The SMILES string of the molecule is CC1(C)C2=C(C=CCC2)c2ccc(-c3ccc(N(c4ccc5c(c4)C(C)(C)c4cccc6c4N5c4ccccc4C6(C)C)c4ccc5ccccc5c4)cc3)cc21. The highest BCUT2D eigenvalue weighted by Gasteiger charge is 2.45. The molecule has 0 spiro atoms. The molecule has 57 heavy (non-hydrogen) atoms. The summed E-state index contributed by atoms with van der Waals surface area (Å²) in [4.78, 5) is 4.99. The van der Waals surface area contributed by atoms with E-state index in [-0.39, 0.29) is 16.2 Å². The number of rotatable bonds is 4. The number of fused-ring (bicyclic) bond motifs is 7. The lowest BCUT2D eigenvalue weighted by Crippen LogP contribution is -2.38. The second-order valence-electron chi connectivity index (χ2n) is 18.1. The van der Waals surface area contributed by atoms with Gasteiger partial charge in [0.2, 0.25) is 0 Å². The number of para-hydroxylation sites is 2. The van der Waals surface area contributed by atoms with Gasteiger partial charge in [0.25, 0.3) is 0 Å². The Bertz CT molecular complexity index is 2880. The van der Waals surface area contributed by atoms with Gasteiger partial charge in [0, 0.05) is 33.3 Å². The van der Waals surface area contributed by atoms with E-state index in [0.717, 1.165) is 29.9 Å². The van der Waals surface area contributed by atoms with E-state index in [4.69, 9.17) is 0 Å². The van der Waals surface area contributed by atoms with E-state index in [2.05, 4.69) is 209 Å². The van der Waals surface area contributed by atoms with Crippen molar-refractivity contribution in [2.75, 3.05) is 9.80 Å². The molecule has 2 heteroatoms. The highest BCUT2D eigenvalue weighted by atomic mass is 15.2. The average Bonchev–Trinajstić information content (AvgIpc) is 3.46. The van der Waals surface area contributed by atoms with Gasteiger partial charge >= 0.3 is 0 Å². The van der Waals surface area contributed by atoms with Crippen molar-refractivity contribution < 1.29 is 0 Å². The van der Waals surface area contributed by atoms with Crippen molar-refractivity contribution in [3.63, 3.8) is 0 Å². The van der Waals surface area contributed by atoms with Crippen molar-refractivity contribution in [3.8, 4) is 11.1 Å². The largest absolute Gasteiger partial charge is 0.310 e. The molecule has 0 atom stereocenters. The lowest BCUT2D eigenvalue weighted by atomic mass is 9.66. The molecule has 2 aliphatic heterocycles. The van der Waals surface area contributed by atoms with Gasteiger partial charge < -0.3 is 9.80 Å². The Morgan fingerprint density at radius 1 is 0.474 bits per heavy atom. The van der Waals surface area contributed by atoms with Gasteiger partial charge in [0.15, 0.2) is 0 Å². The van der Waals surface area contributed by atoms with E-state index in [1.807, 2.05) is 0 Å². The molecule has 0 amide bonds. The summed E-state index contributed by atoms with van der Waals surface area (Å²) in [5.41, 5.74) is 20.9. The second kappa shape index (κ2) is 11.9. The third-order valence-electron chi connectivity index (χ3n) is 13.9. The number of allylic oxidation sites excluding steroid dienone is 4. The van der Waals surface area contributed by atoms with Crippen LogP contribution >= 0.6 is 0 Å². The highest BCUT2D eigenvalue weighted by Crippen LogP contribution is 2.60. The van der Waals surface area contributed by atoms with E-state index in [1.165, 1.54) is 77.9 Å². The number of nitrogens with zero attached hydrogens (tertiary/aromatic N) is 2. The molecule has 0 fully saturated rings. The first-order chi connectivity index (χ1) is 27.5. The van der Waals surface area contributed by atoms with Crippen LogP contribution in [-0.4, -0.2) is 0 Å². The average molecular weight is 737 g/mol. The van der Waals surface area contributed by atoms with Gasteiger partial charge in [-0.15, -0.1) is 0 Å². The summed E-state index contributed by atoms with van der Waals surface area (Å²) in [7, 11) is 0. The Kier molecular flexibility index (Phi) is 7.16. The molecule has 2 aliphatic carbocycles. The summed E-state index contributed by atoms with van der Waals surface area (Å²) in [5.74, 6) is 0. The molecule has 0 radical (unpaired) electrons. The molecule has 0 aromatic heterocycles. The Labute approximate surface area is 337 Å². The van der Waals surface area contributed by atoms with Crippen LogP contribution in [0.2, 0.25) is 0 Å². The maximum Gasteiger partial charge on any atom is 0.0543 e. The molecule has 0 N–H and O–H groups in total. The van der Waals surface area contributed by atoms with Crippen molar-refractivity contribution in [1.29, 1.82) is 0 Å². The Morgan fingerprint density at radius 3 is 1.91 bits per heavy atom. The van der Waals surface area contributed by atoms with Gasteiger partial charge in [0.05, 0.1) is 17.1 Å². The molecular formula is C55H48N2. The molecule has 4 aliphatic rings. The minimum absolute atomic E-state index is 0.0487. The zero-order chi connectivity index (χ0) is 38.8. The predicted octanol–water partition coefficient (Wildman–Crippen LogP) is 15.1. The van der Waals surface area contributed by atoms with E-state index in [0.29, 0.717) is 0 Å². The number of benzene rings is 7. The molecule has 0 saturated heterocycles. The monoisotopic (exact) mass is 736 g/mol. The second-order valence-corrected chi connectivity index (χ2v) is 18.1. The van der Waals surface area contributed by atoms with E-state index in [1.54, 1.807) is 5.57 Å². The topological polar surface area (TPSA) is 6.48 Å². The van der Waals surface area contributed by atoms with E-state index < -0.39 is 0 Å². The normalized spacial score (nSPS) is 17.4. The predicted molar refractivity (Wildman–Crippen MR) is 241 cm³/mol. The minimum atomic E-state index is -0.223. The molecule has 2 heterocycles. The summed E-state index contributed by atoms with van der Waals surface area (Å²) >= 11 is 0. The lowest BCUT2D eigenvalue weighted by molar-refractivity contribution is 0.597. The van der Waals surface area contributed by atoms with E-state index in [9.17, 15) is 0 Å². The van der Waals surface area contributed by atoms with Gasteiger partial charge in [-0.05, 0) is 128 Å². The molecule has 7 aromatic rings. The number of hydrogen-bond acceptors (Lipinski definition) is 2. The Hall–Kier alpha value is -6.12. The van der Waals surface area contributed by atoms with Crippen LogP contribution in [-0.2, 0) is 16.2 Å². The maximum absolute atomic E-state index is 2.55. The molecule has 0 unspecified atom stereocenters. The van der Waals surface area contributed by atoms with Gasteiger partial charge in [-0.25, -0.2) is 0 Å². The third kappa shape index (κ3) is 4.83. The third-order valence-corrected chi connectivity index (χ3v) is 13.9. The first-order valence-electron chi connectivity index (χ1n) is 20.7.